The fraction of sp³-hybridized carbons (Fsp3) is 0.273. The summed E-state index contributed by atoms with van der Waals surface area (Å²) in [6.07, 6.45) is -0.272. The predicted molar refractivity (Wildman–Crippen MR) is 55.4 cm³/mol. The molecule has 6 heteroatoms. The molecule has 0 aliphatic carbocycles. The van der Waals surface area contributed by atoms with Crippen LogP contribution in [0.2, 0.25) is 0 Å². The quantitative estimate of drug-likeness (QED) is 0.757. The zero-order valence-electron chi connectivity index (χ0n) is 9.01. The van der Waals surface area contributed by atoms with E-state index in [0.29, 0.717) is 0 Å². The van der Waals surface area contributed by atoms with E-state index in [1.54, 1.807) is 0 Å². The van der Waals surface area contributed by atoms with E-state index >= 15 is 0 Å². The molecule has 0 bridgehead atoms. The van der Waals surface area contributed by atoms with Gasteiger partial charge in [0.05, 0.1) is 7.11 Å². The zero-order chi connectivity index (χ0) is 13.0. The van der Waals surface area contributed by atoms with Crippen molar-refractivity contribution in [1.29, 1.82) is 0 Å². The number of carboxylic acid groups (broad SMARTS) is 2. The van der Waals surface area contributed by atoms with E-state index in [0.717, 1.165) is 6.07 Å². The highest BCUT2D eigenvalue weighted by molar-refractivity contribution is 5.93. The van der Waals surface area contributed by atoms with Gasteiger partial charge < -0.3 is 14.9 Å². The molecule has 0 aliphatic rings. The minimum atomic E-state index is -1.58. The van der Waals surface area contributed by atoms with Crippen molar-refractivity contribution in [3.8, 4) is 5.75 Å². The molecule has 92 valence electrons. The minimum absolute atomic E-state index is 0.0240. The fourth-order valence-electron chi connectivity index (χ4n) is 1.35. The Morgan fingerprint density at radius 2 is 1.94 bits per heavy atom. The number of ether oxygens (including phenoxy) is 1. The maximum Gasteiger partial charge on any atom is 0.318 e. The number of aliphatic carboxylic acids is 2. The molecule has 2 N–H and O–H groups in total. The van der Waals surface area contributed by atoms with Crippen molar-refractivity contribution in [1.82, 2.24) is 0 Å². The summed E-state index contributed by atoms with van der Waals surface area (Å²) in [4.78, 5) is 21.3. The first-order valence-corrected chi connectivity index (χ1v) is 4.73. The summed E-state index contributed by atoms with van der Waals surface area (Å²) in [7, 11) is 1.30. The summed E-state index contributed by atoms with van der Waals surface area (Å²) in [5, 5.41) is 17.4. The molecule has 17 heavy (non-hydrogen) atoms. The van der Waals surface area contributed by atoms with Gasteiger partial charge in [-0.1, -0.05) is 6.07 Å². The van der Waals surface area contributed by atoms with Crippen molar-refractivity contribution in [2.75, 3.05) is 7.11 Å². The molecule has 0 radical (unpaired) electrons. The molecule has 0 unspecified atom stereocenters. The number of methoxy groups -OCH3 is 1. The second kappa shape index (κ2) is 5.29. The van der Waals surface area contributed by atoms with Gasteiger partial charge in [0.25, 0.3) is 0 Å². The summed E-state index contributed by atoms with van der Waals surface area (Å²) in [5.41, 5.74) is 0.290. The summed E-state index contributed by atoms with van der Waals surface area (Å²) >= 11 is 0. The van der Waals surface area contributed by atoms with E-state index in [1.807, 2.05) is 0 Å². The van der Waals surface area contributed by atoms with Crippen LogP contribution in [0.3, 0.4) is 0 Å². The normalized spacial score (nSPS) is 10.3. The van der Waals surface area contributed by atoms with Gasteiger partial charge in [0.15, 0.2) is 17.5 Å². The number of halogens is 1. The zero-order valence-corrected chi connectivity index (χ0v) is 9.01. The minimum Gasteiger partial charge on any atom is -0.494 e. The smallest absolute Gasteiger partial charge is 0.318 e. The Morgan fingerprint density at radius 1 is 1.35 bits per heavy atom. The second-order valence-corrected chi connectivity index (χ2v) is 3.40. The van der Waals surface area contributed by atoms with Crippen molar-refractivity contribution in [2.24, 2.45) is 5.92 Å². The first kappa shape index (κ1) is 13.0. The van der Waals surface area contributed by atoms with Crippen molar-refractivity contribution in [3.05, 3.63) is 29.6 Å². The molecule has 0 aliphatic heterocycles. The number of carbonyl (C=O) groups is 2. The Hall–Kier alpha value is -2.11. The van der Waals surface area contributed by atoms with Gasteiger partial charge in [0.2, 0.25) is 0 Å². The lowest BCUT2D eigenvalue weighted by atomic mass is 9.99. The van der Waals surface area contributed by atoms with Crippen LogP contribution in [0.25, 0.3) is 0 Å². The Balaban J connectivity index is 2.91. The van der Waals surface area contributed by atoms with Crippen molar-refractivity contribution >= 4 is 11.9 Å². The van der Waals surface area contributed by atoms with Gasteiger partial charge in [-0.25, -0.2) is 4.39 Å². The van der Waals surface area contributed by atoms with Crippen LogP contribution in [-0.4, -0.2) is 29.3 Å². The molecule has 0 saturated heterocycles. The molecule has 1 aromatic carbocycles. The van der Waals surface area contributed by atoms with Crippen LogP contribution in [0, 0.1) is 11.7 Å². The number of hydrogen-bond acceptors (Lipinski definition) is 3. The monoisotopic (exact) mass is 242 g/mol. The number of carboxylic acids is 2. The van der Waals surface area contributed by atoms with Gasteiger partial charge in [-0.05, 0) is 24.1 Å². The third kappa shape index (κ3) is 3.17. The lowest BCUT2D eigenvalue weighted by Crippen LogP contribution is -2.25. The van der Waals surface area contributed by atoms with Gasteiger partial charge in [-0.15, -0.1) is 0 Å². The van der Waals surface area contributed by atoms with Crippen LogP contribution in [0.1, 0.15) is 5.56 Å². The third-order valence-electron chi connectivity index (χ3n) is 2.25. The molecule has 1 aromatic rings. The van der Waals surface area contributed by atoms with Crippen LogP contribution in [0.4, 0.5) is 4.39 Å². The average Bonchev–Trinajstić information content (AvgIpc) is 2.25. The second-order valence-electron chi connectivity index (χ2n) is 3.40. The summed E-state index contributed by atoms with van der Waals surface area (Å²) < 4.78 is 18.0. The fourth-order valence-corrected chi connectivity index (χ4v) is 1.35. The average molecular weight is 242 g/mol. The summed E-state index contributed by atoms with van der Waals surface area (Å²) in [5.74, 6) is -5.11. The van der Waals surface area contributed by atoms with E-state index in [2.05, 4.69) is 0 Å². The highest BCUT2D eigenvalue weighted by Gasteiger charge is 2.26. The Bertz CT molecular complexity index is 429. The number of benzene rings is 1. The maximum absolute atomic E-state index is 13.3. The van der Waals surface area contributed by atoms with Crippen LogP contribution < -0.4 is 4.74 Å². The Kier molecular flexibility index (Phi) is 4.03. The predicted octanol–water partition coefficient (Wildman–Crippen LogP) is 1.16. The van der Waals surface area contributed by atoms with Crippen molar-refractivity contribution in [2.45, 2.75) is 6.42 Å². The number of hydrogen-bond donors (Lipinski definition) is 2. The molecular weight excluding hydrogens is 231 g/mol. The van der Waals surface area contributed by atoms with E-state index in [4.69, 9.17) is 14.9 Å². The van der Waals surface area contributed by atoms with E-state index in [1.165, 1.54) is 19.2 Å². The van der Waals surface area contributed by atoms with Crippen LogP contribution in [-0.2, 0) is 16.0 Å². The van der Waals surface area contributed by atoms with Crippen LogP contribution in [0.15, 0.2) is 18.2 Å². The van der Waals surface area contributed by atoms with Gasteiger partial charge in [-0.2, -0.15) is 0 Å². The van der Waals surface area contributed by atoms with E-state index in [-0.39, 0.29) is 17.7 Å². The largest absolute Gasteiger partial charge is 0.494 e. The van der Waals surface area contributed by atoms with Gasteiger partial charge in [0, 0.05) is 0 Å². The van der Waals surface area contributed by atoms with Crippen molar-refractivity contribution < 1.29 is 28.9 Å². The molecular formula is C11H11FO5. The molecule has 0 atom stereocenters. The Morgan fingerprint density at radius 3 is 2.35 bits per heavy atom. The van der Waals surface area contributed by atoms with E-state index in [9.17, 15) is 14.0 Å². The summed E-state index contributed by atoms with van der Waals surface area (Å²) in [6.45, 7) is 0. The highest BCUT2D eigenvalue weighted by atomic mass is 19.1. The third-order valence-corrected chi connectivity index (χ3v) is 2.25. The molecule has 0 heterocycles. The SMILES string of the molecule is COc1ccc(CC(C(=O)O)C(=O)O)cc1F. The molecule has 0 saturated carbocycles. The van der Waals surface area contributed by atoms with Crippen LogP contribution >= 0.6 is 0 Å². The Labute approximate surface area is 96.4 Å². The van der Waals surface area contributed by atoms with Crippen LogP contribution in [0.5, 0.6) is 5.75 Å². The molecule has 0 aromatic heterocycles. The molecule has 0 amide bonds. The lowest BCUT2D eigenvalue weighted by Gasteiger charge is -2.08. The molecule has 1 rings (SSSR count). The molecule has 0 fully saturated rings. The summed E-state index contributed by atoms with van der Waals surface area (Å²) in [6, 6.07) is 3.82. The van der Waals surface area contributed by atoms with Gasteiger partial charge in [-0.3, -0.25) is 9.59 Å². The maximum atomic E-state index is 13.3. The number of rotatable bonds is 5. The van der Waals surface area contributed by atoms with Crippen molar-refractivity contribution in [3.63, 3.8) is 0 Å². The standard InChI is InChI=1S/C11H11FO5/c1-17-9-3-2-6(5-8(9)12)4-7(10(13)14)11(15)16/h2-3,5,7H,4H2,1H3,(H,13,14)(H,15,16). The van der Waals surface area contributed by atoms with Gasteiger partial charge >= 0.3 is 11.9 Å². The molecule has 5 nitrogen and oxygen atoms in total. The first-order chi connectivity index (χ1) is 7.95. The van der Waals surface area contributed by atoms with Gasteiger partial charge in [0.1, 0.15) is 0 Å². The highest BCUT2D eigenvalue weighted by Crippen LogP contribution is 2.19. The topological polar surface area (TPSA) is 83.8 Å². The first-order valence-electron chi connectivity index (χ1n) is 4.73. The van der Waals surface area contributed by atoms with E-state index < -0.39 is 23.7 Å². The lowest BCUT2D eigenvalue weighted by molar-refractivity contribution is -0.154. The molecule has 0 spiro atoms.